The Kier molecular flexibility index (Phi) is 3.33. The van der Waals surface area contributed by atoms with Crippen molar-refractivity contribution < 1.29 is 8.98 Å². The molecule has 0 amide bonds. The molecule has 0 N–H and O–H groups in total. The fraction of sp³-hybridized carbons (Fsp3) is 0.0741. The Morgan fingerprint density at radius 1 is 0.621 bits per heavy atom. The number of hydrogen-bond acceptors (Lipinski definition) is 1. The van der Waals surface area contributed by atoms with E-state index in [4.69, 9.17) is 4.42 Å². The van der Waals surface area contributed by atoms with E-state index in [1.807, 2.05) is 0 Å². The van der Waals surface area contributed by atoms with Crippen molar-refractivity contribution in [1.82, 2.24) is 0 Å². The molecule has 0 bridgehead atoms. The van der Waals surface area contributed by atoms with Gasteiger partial charge in [0, 0.05) is 28.3 Å². The highest BCUT2D eigenvalue weighted by atomic mass is 16.3. The van der Waals surface area contributed by atoms with E-state index in [0.717, 1.165) is 22.4 Å². The average molecular weight is 374 g/mol. The van der Waals surface area contributed by atoms with Crippen molar-refractivity contribution in [2.75, 3.05) is 0 Å². The predicted molar refractivity (Wildman–Crippen MR) is 120 cm³/mol. The number of aryl methyl sites for hydroxylation is 2. The van der Waals surface area contributed by atoms with E-state index in [2.05, 4.69) is 104 Å². The highest BCUT2D eigenvalue weighted by molar-refractivity contribution is 6.21. The van der Waals surface area contributed by atoms with Gasteiger partial charge in [0.15, 0.2) is 6.20 Å². The molecule has 29 heavy (non-hydrogen) atoms. The second-order valence-electron chi connectivity index (χ2n) is 7.76. The molecule has 6 aromatic rings. The van der Waals surface area contributed by atoms with Gasteiger partial charge < -0.3 is 4.42 Å². The second kappa shape index (κ2) is 5.92. The number of hydrogen-bond donors (Lipinski definition) is 0. The molecule has 0 spiro atoms. The molecule has 0 saturated carbocycles. The normalized spacial score (nSPS) is 11.8. The van der Waals surface area contributed by atoms with E-state index >= 15 is 0 Å². The van der Waals surface area contributed by atoms with Gasteiger partial charge in [-0.15, -0.1) is 0 Å². The molecule has 138 valence electrons. The van der Waals surface area contributed by atoms with Crippen LogP contribution in [0.1, 0.15) is 5.56 Å². The Hall–Kier alpha value is -3.65. The molecule has 0 fully saturated rings. The van der Waals surface area contributed by atoms with Crippen molar-refractivity contribution in [3.8, 4) is 11.3 Å². The summed E-state index contributed by atoms with van der Waals surface area (Å²) in [6.45, 7) is 2.15. The predicted octanol–water partition coefficient (Wildman–Crippen LogP) is 6.69. The van der Waals surface area contributed by atoms with Crippen molar-refractivity contribution in [2.24, 2.45) is 7.05 Å². The standard InChI is InChI=1S/C27H20NO/c1-17-10-12-23-22-15-14-20-19-8-4-3-7-18(19)11-13-21(20)26(22)29-27(23)25(17)24-9-5-6-16-28(24)2/h3-16H,1-2H3/q+1. The lowest BCUT2D eigenvalue weighted by Gasteiger charge is -2.04. The molecule has 0 atom stereocenters. The van der Waals surface area contributed by atoms with Crippen LogP contribution >= 0.6 is 0 Å². The molecule has 2 heterocycles. The summed E-state index contributed by atoms with van der Waals surface area (Å²) >= 11 is 0. The van der Waals surface area contributed by atoms with Crippen LogP contribution in [0.15, 0.2) is 89.5 Å². The topological polar surface area (TPSA) is 17.0 Å². The number of nitrogens with zero attached hydrogens (tertiary/aromatic N) is 1. The van der Waals surface area contributed by atoms with Gasteiger partial charge in [-0.25, -0.2) is 4.57 Å². The number of rotatable bonds is 1. The minimum absolute atomic E-state index is 0.961. The summed E-state index contributed by atoms with van der Waals surface area (Å²) in [4.78, 5) is 0. The maximum absolute atomic E-state index is 6.62. The number of fused-ring (bicyclic) bond motifs is 7. The Morgan fingerprint density at radius 2 is 1.31 bits per heavy atom. The molecular weight excluding hydrogens is 354 g/mol. The number of furan rings is 1. The zero-order valence-corrected chi connectivity index (χ0v) is 16.4. The van der Waals surface area contributed by atoms with Crippen molar-refractivity contribution in [1.29, 1.82) is 0 Å². The van der Waals surface area contributed by atoms with Gasteiger partial charge in [-0.3, -0.25) is 0 Å². The van der Waals surface area contributed by atoms with Gasteiger partial charge in [0.05, 0.1) is 5.56 Å². The Balaban J connectivity index is 1.78. The molecule has 4 aromatic carbocycles. The van der Waals surface area contributed by atoms with Gasteiger partial charge in [-0.1, -0.05) is 48.5 Å². The van der Waals surface area contributed by atoms with Gasteiger partial charge >= 0.3 is 0 Å². The Labute approximate surface area is 168 Å². The van der Waals surface area contributed by atoms with Gasteiger partial charge in [0.1, 0.15) is 18.2 Å². The minimum Gasteiger partial charge on any atom is -0.454 e. The van der Waals surface area contributed by atoms with E-state index < -0.39 is 0 Å². The van der Waals surface area contributed by atoms with Crippen LogP contribution in [0.25, 0.3) is 54.7 Å². The summed E-state index contributed by atoms with van der Waals surface area (Å²) in [5.41, 5.74) is 5.46. The van der Waals surface area contributed by atoms with E-state index in [-0.39, 0.29) is 0 Å². The van der Waals surface area contributed by atoms with Crippen LogP contribution in [0.2, 0.25) is 0 Å². The van der Waals surface area contributed by atoms with Gasteiger partial charge in [0.2, 0.25) is 5.69 Å². The van der Waals surface area contributed by atoms with Crippen LogP contribution in [-0.2, 0) is 7.05 Å². The van der Waals surface area contributed by atoms with Gasteiger partial charge in [0.25, 0.3) is 0 Å². The van der Waals surface area contributed by atoms with Crippen molar-refractivity contribution in [2.45, 2.75) is 6.92 Å². The van der Waals surface area contributed by atoms with E-state index in [9.17, 15) is 0 Å². The van der Waals surface area contributed by atoms with Crippen LogP contribution in [0.3, 0.4) is 0 Å². The monoisotopic (exact) mass is 374 g/mol. The molecule has 0 saturated heterocycles. The molecule has 6 rings (SSSR count). The first-order chi connectivity index (χ1) is 14.2. The summed E-state index contributed by atoms with van der Waals surface area (Å²) in [6, 6.07) is 28.0. The third kappa shape index (κ3) is 2.26. The lowest BCUT2D eigenvalue weighted by Crippen LogP contribution is -2.30. The number of benzene rings is 4. The SMILES string of the molecule is Cc1ccc2c(oc3c2ccc2c4ccccc4ccc23)c1-c1cccc[n+]1C. The molecule has 0 radical (unpaired) electrons. The first kappa shape index (κ1) is 16.3. The summed E-state index contributed by atoms with van der Waals surface area (Å²) < 4.78 is 8.78. The van der Waals surface area contributed by atoms with Crippen molar-refractivity contribution >= 4 is 43.5 Å². The molecule has 0 aliphatic rings. The zero-order chi connectivity index (χ0) is 19.5. The van der Waals surface area contributed by atoms with Crippen molar-refractivity contribution in [3.05, 3.63) is 90.6 Å². The van der Waals surface area contributed by atoms with E-state index in [0.29, 0.717) is 0 Å². The number of pyridine rings is 1. The summed E-state index contributed by atoms with van der Waals surface area (Å²) in [5.74, 6) is 0. The molecule has 0 unspecified atom stereocenters. The van der Waals surface area contributed by atoms with E-state index in [1.54, 1.807) is 0 Å². The van der Waals surface area contributed by atoms with Gasteiger partial charge in [-0.05, 0) is 46.8 Å². The molecule has 2 nitrogen and oxygen atoms in total. The Morgan fingerprint density at radius 3 is 2.21 bits per heavy atom. The van der Waals surface area contributed by atoms with Crippen LogP contribution in [0.4, 0.5) is 0 Å². The summed E-state index contributed by atoms with van der Waals surface area (Å²) in [6.07, 6.45) is 2.08. The number of aromatic nitrogens is 1. The molecule has 2 heteroatoms. The third-order valence-corrected chi connectivity index (χ3v) is 6.05. The molecule has 0 aliphatic carbocycles. The highest BCUT2D eigenvalue weighted by Crippen LogP contribution is 2.40. The second-order valence-corrected chi connectivity index (χ2v) is 7.76. The fourth-order valence-electron chi connectivity index (χ4n) is 4.59. The van der Waals surface area contributed by atoms with Crippen LogP contribution < -0.4 is 4.57 Å². The van der Waals surface area contributed by atoms with Crippen LogP contribution in [-0.4, -0.2) is 0 Å². The van der Waals surface area contributed by atoms with E-state index in [1.165, 1.54) is 37.9 Å². The first-order valence-electron chi connectivity index (χ1n) is 9.94. The van der Waals surface area contributed by atoms with Gasteiger partial charge in [-0.2, -0.15) is 0 Å². The highest BCUT2D eigenvalue weighted by Gasteiger charge is 2.21. The quantitative estimate of drug-likeness (QED) is 0.231. The molecule has 0 aliphatic heterocycles. The third-order valence-electron chi connectivity index (χ3n) is 6.05. The lowest BCUT2D eigenvalue weighted by molar-refractivity contribution is -0.660. The van der Waals surface area contributed by atoms with Crippen molar-refractivity contribution in [3.63, 3.8) is 0 Å². The molecule has 2 aromatic heterocycles. The Bertz CT molecular complexity index is 1570. The maximum atomic E-state index is 6.62. The molecular formula is C27H20NO+. The summed E-state index contributed by atoms with van der Waals surface area (Å²) in [5, 5.41) is 7.25. The smallest absolute Gasteiger partial charge is 0.216 e. The zero-order valence-electron chi connectivity index (χ0n) is 16.4. The minimum atomic E-state index is 0.961. The van der Waals surface area contributed by atoms with Crippen LogP contribution in [0.5, 0.6) is 0 Å². The maximum Gasteiger partial charge on any atom is 0.216 e. The first-order valence-corrected chi connectivity index (χ1v) is 9.94. The largest absolute Gasteiger partial charge is 0.454 e. The average Bonchev–Trinajstić information content (AvgIpc) is 3.13. The summed E-state index contributed by atoms with van der Waals surface area (Å²) in [7, 11) is 2.08. The fourth-order valence-corrected chi connectivity index (χ4v) is 4.59. The lowest BCUT2D eigenvalue weighted by atomic mass is 9.98. The van der Waals surface area contributed by atoms with Crippen LogP contribution in [0, 0.1) is 6.92 Å².